The fraction of sp³-hybridized carbons (Fsp3) is 0.286. The second-order valence-corrected chi connectivity index (χ2v) is 5.53. The van der Waals surface area contributed by atoms with Crippen molar-refractivity contribution in [1.29, 1.82) is 0 Å². The second kappa shape index (κ2) is 6.56. The van der Waals surface area contributed by atoms with Gasteiger partial charge in [-0.3, -0.25) is 9.89 Å². The monoisotopic (exact) mass is 336 g/mol. The van der Waals surface area contributed by atoms with Crippen molar-refractivity contribution in [3.8, 4) is 0 Å². The predicted octanol–water partition coefficient (Wildman–Crippen LogP) is 2.43. The number of hydrogen-bond donors (Lipinski definition) is 3. The highest BCUT2D eigenvalue weighted by Gasteiger charge is 2.09. The van der Waals surface area contributed by atoms with Crippen LogP contribution in [0.4, 0.5) is 5.69 Å². The third-order valence-corrected chi connectivity index (χ3v) is 3.60. The standard InChI is InChI=1S/C14H17BrN4O/c1-9-10(8-18-19-9)3-2-6-17-14(20)12-7-11(15)4-5-13(12)16/h4-5,7-8H,2-3,6,16H2,1H3,(H,17,20)(H,18,19). The SMILES string of the molecule is Cc1[nH]ncc1CCCNC(=O)c1cc(Br)ccc1N. The molecule has 1 aromatic heterocycles. The zero-order valence-electron chi connectivity index (χ0n) is 11.2. The minimum absolute atomic E-state index is 0.146. The van der Waals surface area contributed by atoms with Crippen LogP contribution in [0.1, 0.15) is 28.0 Å². The fourth-order valence-corrected chi connectivity index (χ4v) is 2.29. The minimum Gasteiger partial charge on any atom is -0.398 e. The van der Waals surface area contributed by atoms with Crippen LogP contribution in [0.5, 0.6) is 0 Å². The van der Waals surface area contributed by atoms with E-state index in [0.29, 0.717) is 17.8 Å². The molecule has 6 heteroatoms. The third kappa shape index (κ3) is 3.60. The Morgan fingerprint density at radius 1 is 1.50 bits per heavy atom. The fourth-order valence-electron chi connectivity index (χ4n) is 1.93. The molecule has 2 aromatic rings. The molecule has 4 N–H and O–H groups in total. The molecule has 5 nitrogen and oxygen atoms in total. The molecule has 1 heterocycles. The molecule has 106 valence electrons. The van der Waals surface area contributed by atoms with Gasteiger partial charge in [0.2, 0.25) is 0 Å². The van der Waals surface area contributed by atoms with Gasteiger partial charge < -0.3 is 11.1 Å². The lowest BCUT2D eigenvalue weighted by Gasteiger charge is -2.08. The van der Waals surface area contributed by atoms with Gasteiger partial charge in [-0.25, -0.2) is 0 Å². The molecule has 0 saturated heterocycles. The summed E-state index contributed by atoms with van der Waals surface area (Å²) in [5, 5.41) is 9.75. The first-order valence-electron chi connectivity index (χ1n) is 6.40. The van der Waals surface area contributed by atoms with Gasteiger partial charge in [0.15, 0.2) is 0 Å². The van der Waals surface area contributed by atoms with Gasteiger partial charge in [-0.05, 0) is 43.5 Å². The van der Waals surface area contributed by atoms with Crippen molar-refractivity contribution in [2.75, 3.05) is 12.3 Å². The predicted molar refractivity (Wildman–Crippen MR) is 82.5 cm³/mol. The summed E-state index contributed by atoms with van der Waals surface area (Å²) in [6.07, 6.45) is 3.57. The molecule has 0 aliphatic rings. The Morgan fingerprint density at radius 3 is 3.00 bits per heavy atom. The van der Waals surface area contributed by atoms with Crippen LogP contribution >= 0.6 is 15.9 Å². The lowest BCUT2D eigenvalue weighted by Crippen LogP contribution is -2.25. The van der Waals surface area contributed by atoms with E-state index < -0.39 is 0 Å². The van der Waals surface area contributed by atoms with Gasteiger partial charge in [0.05, 0.1) is 11.8 Å². The number of aromatic amines is 1. The van der Waals surface area contributed by atoms with Gasteiger partial charge in [-0.1, -0.05) is 15.9 Å². The summed E-state index contributed by atoms with van der Waals surface area (Å²) in [6.45, 7) is 2.60. The van der Waals surface area contributed by atoms with E-state index in [1.807, 2.05) is 19.2 Å². The number of benzene rings is 1. The van der Waals surface area contributed by atoms with E-state index in [4.69, 9.17) is 5.73 Å². The zero-order valence-corrected chi connectivity index (χ0v) is 12.8. The number of nitrogen functional groups attached to an aromatic ring is 1. The van der Waals surface area contributed by atoms with Crippen molar-refractivity contribution >= 4 is 27.5 Å². The highest BCUT2D eigenvalue weighted by molar-refractivity contribution is 9.10. The van der Waals surface area contributed by atoms with E-state index >= 15 is 0 Å². The molecule has 1 aromatic carbocycles. The Morgan fingerprint density at radius 2 is 2.30 bits per heavy atom. The van der Waals surface area contributed by atoms with Crippen LogP contribution in [-0.2, 0) is 6.42 Å². The first kappa shape index (κ1) is 14.6. The van der Waals surface area contributed by atoms with Crippen molar-refractivity contribution in [2.45, 2.75) is 19.8 Å². The highest BCUT2D eigenvalue weighted by Crippen LogP contribution is 2.18. The molecule has 0 radical (unpaired) electrons. The molecule has 0 fully saturated rings. The second-order valence-electron chi connectivity index (χ2n) is 4.61. The smallest absolute Gasteiger partial charge is 0.253 e. The van der Waals surface area contributed by atoms with Gasteiger partial charge in [0, 0.05) is 22.4 Å². The molecule has 0 aliphatic heterocycles. The van der Waals surface area contributed by atoms with E-state index in [0.717, 1.165) is 23.0 Å². The Labute approximate surface area is 126 Å². The third-order valence-electron chi connectivity index (χ3n) is 3.10. The van der Waals surface area contributed by atoms with Crippen molar-refractivity contribution in [3.63, 3.8) is 0 Å². The summed E-state index contributed by atoms with van der Waals surface area (Å²) in [7, 11) is 0. The number of amides is 1. The van der Waals surface area contributed by atoms with Gasteiger partial charge in [0.25, 0.3) is 5.91 Å². The first-order valence-corrected chi connectivity index (χ1v) is 7.19. The number of H-pyrrole nitrogens is 1. The summed E-state index contributed by atoms with van der Waals surface area (Å²) < 4.78 is 0.839. The molecule has 0 aliphatic carbocycles. The molecule has 2 rings (SSSR count). The number of rotatable bonds is 5. The Bertz CT molecular complexity index is 609. The molecule has 1 amide bonds. The van der Waals surface area contributed by atoms with Crippen molar-refractivity contribution < 1.29 is 4.79 Å². The maximum absolute atomic E-state index is 12.0. The topological polar surface area (TPSA) is 83.8 Å². The molecule has 0 saturated carbocycles. The molecular weight excluding hydrogens is 320 g/mol. The Balaban J connectivity index is 1.83. The van der Waals surface area contributed by atoms with Crippen molar-refractivity contribution in [2.24, 2.45) is 0 Å². The van der Waals surface area contributed by atoms with Crippen molar-refractivity contribution in [3.05, 3.63) is 45.7 Å². The first-order chi connectivity index (χ1) is 9.58. The molecule has 0 unspecified atom stereocenters. The number of nitrogens with zero attached hydrogens (tertiary/aromatic N) is 1. The van der Waals surface area contributed by atoms with Gasteiger partial charge in [0.1, 0.15) is 0 Å². The van der Waals surface area contributed by atoms with E-state index in [9.17, 15) is 4.79 Å². The zero-order chi connectivity index (χ0) is 14.5. The molecule has 0 atom stereocenters. The molecule has 0 bridgehead atoms. The van der Waals surface area contributed by atoms with Crippen LogP contribution in [0.15, 0.2) is 28.9 Å². The van der Waals surface area contributed by atoms with E-state index in [-0.39, 0.29) is 5.91 Å². The van der Waals surface area contributed by atoms with Crippen LogP contribution in [0.3, 0.4) is 0 Å². The summed E-state index contributed by atoms with van der Waals surface area (Å²) >= 11 is 3.33. The maximum Gasteiger partial charge on any atom is 0.253 e. The van der Waals surface area contributed by atoms with Crippen LogP contribution in [-0.4, -0.2) is 22.6 Å². The van der Waals surface area contributed by atoms with Crippen molar-refractivity contribution in [1.82, 2.24) is 15.5 Å². The number of aromatic nitrogens is 2. The lowest BCUT2D eigenvalue weighted by atomic mass is 10.1. The minimum atomic E-state index is -0.146. The number of carbonyl (C=O) groups excluding carboxylic acids is 1. The molecular formula is C14H17BrN4O. The maximum atomic E-state index is 12.0. The number of hydrogen-bond acceptors (Lipinski definition) is 3. The number of anilines is 1. The molecule has 20 heavy (non-hydrogen) atoms. The van der Waals surface area contributed by atoms with E-state index in [2.05, 4.69) is 31.4 Å². The quantitative estimate of drug-likeness (QED) is 0.579. The number of halogens is 1. The Kier molecular flexibility index (Phi) is 4.79. The van der Waals surface area contributed by atoms with Crippen LogP contribution in [0.2, 0.25) is 0 Å². The number of aryl methyl sites for hydroxylation is 2. The van der Waals surface area contributed by atoms with Crippen LogP contribution < -0.4 is 11.1 Å². The Hall–Kier alpha value is -1.82. The number of nitrogens with one attached hydrogen (secondary N) is 2. The summed E-state index contributed by atoms with van der Waals surface area (Å²) in [4.78, 5) is 12.0. The number of nitrogens with two attached hydrogens (primary N) is 1. The number of carbonyl (C=O) groups is 1. The molecule has 0 spiro atoms. The average molecular weight is 337 g/mol. The van der Waals surface area contributed by atoms with Gasteiger partial charge in [-0.2, -0.15) is 5.10 Å². The van der Waals surface area contributed by atoms with Gasteiger partial charge in [-0.15, -0.1) is 0 Å². The highest BCUT2D eigenvalue weighted by atomic mass is 79.9. The summed E-state index contributed by atoms with van der Waals surface area (Å²) in [5.41, 5.74) is 9.04. The largest absolute Gasteiger partial charge is 0.398 e. The van der Waals surface area contributed by atoms with E-state index in [1.54, 1.807) is 12.1 Å². The van der Waals surface area contributed by atoms with Crippen LogP contribution in [0, 0.1) is 6.92 Å². The average Bonchev–Trinajstić information content (AvgIpc) is 2.83. The van der Waals surface area contributed by atoms with E-state index in [1.165, 1.54) is 5.56 Å². The summed E-state index contributed by atoms with van der Waals surface area (Å²) in [6, 6.07) is 5.26. The van der Waals surface area contributed by atoms with Crippen LogP contribution in [0.25, 0.3) is 0 Å². The normalized spacial score (nSPS) is 10.5. The summed E-state index contributed by atoms with van der Waals surface area (Å²) in [5.74, 6) is -0.146. The lowest BCUT2D eigenvalue weighted by molar-refractivity contribution is 0.0954. The van der Waals surface area contributed by atoms with Gasteiger partial charge >= 0.3 is 0 Å².